The number of hydrogen-bond acceptors (Lipinski definition) is 4. The zero-order valence-corrected chi connectivity index (χ0v) is 17.1. The molecule has 6 nitrogen and oxygen atoms in total. The van der Waals surface area contributed by atoms with E-state index in [1.807, 2.05) is 0 Å². The van der Waals surface area contributed by atoms with E-state index < -0.39 is 0 Å². The predicted octanol–water partition coefficient (Wildman–Crippen LogP) is 2.83. The van der Waals surface area contributed by atoms with Crippen LogP contribution in [0.2, 0.25) is 0 Å². The largest absolute Gasteiger partial charge is 0.361 e. The molecule has 0 aliphatic carbocycles. The number of aliphatic imine (C=N–C) groups is 1. The van der Waals surface area contributed by atoms with Gasteiger partial charge < -0.3 is 20.1 Å². The minimum absolute atomic E-state index is 0.483. The Bertz CT molecular complexity index is 500. The molecule has 0 aromatic carbocycles. The maximum atomic E-state index is 5.43. The van der Waals surface area contributed by atoms with Crippen LogP contribution in [0.25, 0.3) is 0 Å². The molecule has 1 unspecified atom stereocenters. The highest BCUT2D eigenvalue weighted by molar-refractivity contribution is 5.79. The Labute approximate surface area is 153 Å². The van der Waals surface area contributed by atoms with Crippen molar-refractivity contribution < 1.29 is 4.52 Å². The third-order valence-corrected chi connectivity index (χ3v) is 4.33. The molecular formula is C19H37N5O. The summed E-state index contributed by atoms with van der Waals surface area (Å²) in [4.78, 5) is 7.04. The van der Waals surface area contributed by atoms with E-state index in [0.717, 1.165) is 55.3 Å². The van der Waals surface area contributed by atoms with Gasteiger partial charge in [0.15, 0.2) is 5.96 Å². The number of hydrogen-bond donors (Lipinski definition) is 2. The molecule has 0 spiro atoms. The molecule has 144 valence electrons. The average Bonchev–Trinajstić information content (AvgIpc) is 2.97. The van der Waals surface area contributed by atoms with Crippen LogP contribution in [0.5, 0.6) is 0 Å². The van der Waals surface area contributed by atoms with Crippen LogP contribution in [-0.2, 0) is 19.4 Å². The smallest absolute Gasteiger partial charge is 0.191 e. The molecule has 0 fully saturated rings. The van der Waals surface area contributed by atoms with Crippen molar-refractivity contribution in [1.82, 2.24) is 20.7 Å². The van der Waals surface area contributed by atoms with Gasteiger partial charge in [0.2, 0.25) is 0 Å². The number of nitrogens with one attached hydrogen (secondary N) is 2. The highest BCUT2D eigenvalue weighted by Crippen LogP contribution is 2.16. The molecule has 1 rings (SSSR count). The maximum Gasteiger partial charge on any atom is 0.191 e. The minimum atomic E-state index is 0.483. The average molecular weight is 352 g/mol. The number of nitrogens with zero attached hydrogens (tertiary/aromatic N) is 3. The molecule has 0 saturated heterocycles. The fraction of sp³-hybridized carbons (Fsp3) is 0.789. The topological polar surface area (TPSA) is 65.7 Å². The van der Waals surface area contributed by atoms with E-state index in [0.29, 0.717) is 18.5 Å². The summed E-state index contributed by atoms with van der Waals surface area (Å²) in [7, 11) is 4.27. The number of guanidine groups is 1. The van der Waals surface area contributed by atoms with Gasteiger partial charge in [-0.3, -0.25) is 0 Å². The van der Waals surface area contributed by atoms with E-state index >= 15 is 0 Å². The number of likely N-dealkylation sites (N-methyl/N-ethyl adjacent to an activating group) is 1. The number of rotatable bonds is 10. The summed E-state index contributed by atoms with van der Waals surface area (Å²) in [6.45, 7) is 13.1. The lowest BCUT2D eigenvalue weighted by molar-refractivity contribution is 0.254. The van der Waals surface area contributed by atoms with Gasteiger partial charge in [0.05, 0.1) is 12.2 Å². The first-order chi connectivity index (χ1) is 11.9. The second-order valence-electron chi connectivity index (χ2n) is 7.06. The van der Waals surface area contributed by atoms with Crippen LogP contribution in [0, 0.1) is 5.92 Å². The van der Waals surface area contributed by atoms with Gasteiger partial charge in [-0.25, -0.2) is 4.99 Å². The summed E-state index contributed by atoms with van der Waals surface area (Å²) in [5.74, 6) is 2.47. The molecule has 2 N–H and O–H groups in total. The lowest BCUT2D eigenvalue weighted by Gasteiger charge is -2.27. The molecule has 0 saturated carbocycles. The number of aromatic nitrogens is 1. The van der Waals surface area contributed by atoms with E-state index in [1.165, 1.54) is 0 Å². The van der Waals surface area contributed by atoms with Crippen LogP contribution < -0.4 is 10.6 Å². The van der Waals surface area contributed by atoms with E-state index in [4.69, 9.17) is 9.52 Å². The Kier molecular flexibility index (Phi) is 9.57. The lowest BCUT2D eigenvalue weighted by Crippen LogP contribution is -2.45. The highest BCUT2D eigenvalue weighted by atomic mass is 16.5. The third-order valence-electron chi connectivity index (χ3n) is 4.33. The van der Waals surface area contributed by atoms with Crippen LogP contribution >= 0.6 is 0 Å². The van der Waals surface area contributed by atoms with Crippen molar-refractivity contribution in [2.75, 3.05) is 27.2 Å². The Morgan fingerprint density at radius 2 is 1.88 bits per heavy atom. The van der Waals surface area contributed by atoms with Crippen LogP contribution in [0.4, 0.5) is 0 Å². The second kappa shape index (κ2) is 11.1. The van der Waals surface area contributed by atoms with Crippen LogP contribution in [0.3, 0.4) is 0 Å². The van der Waals surface area contributed by atoms with Crippen molar-refractivity contribution >= 4 is 5.96 Å². The third kappa shape index (κ3) is 7.06. The Morgan fingerprint density at radius 1 is 1.16 bits per heavy atom. The van der Waals surface area contributed by atoms with Crippen molar-refractivity contribution in [2.45, 2.75) is 66.5 Å². The second-order valence-corrected chi connectivity index (χ2v) is 7.06. The first-order valence-corrected chi connectivity index (χ1v) is 9.57. The first-order valence-electron chi connectivity index (χ1n) is 9.57. The van der Waals surface area contributed by atoms with Crippen molar-refractivity contribution in [3.63, 3.8) is 0 Å². The summed E-state index contributed by atoms with van der Waals surface area (Å²) in [5.41, 5.74) is 2.15. The minimum Gasteiger partial charge on any atom is -0.361 e. The fourth-order valence-electron chi connectivity index (χ4n) is 2.85. The standard InChI is InChI=1S/C19H37N5O/c1-8-17-16(18(9-2)25-23-17)13-22-19(20-10-3)21-12-15(24(6)7)11-14(4)5/h14-15H,8-13H2,1-7H3,(H2,20,21,22). The summed E-state index contributed by atoms with van der Waals surface area (Å²) < 4.78 is 5.43. The van der Waals surface area contributed by atoms with E-state index in [-0.39, 0.29) is 0 Å². The molecule has 1 aromatic heterocycles. The van der Waals surface area contributed by atoms with Gasteiger partial charge in [-0.2, -0.15) is 0 Å². The summed E-state index contributed by atoms with van der Waals surface area (Å²) in [6.07, 6.45) is 2.87. The molecule has 0 radical (unpaired) electrons. The molecule has 0 aliphatic heterocycles. The molecule has 1 heterocycles. The van der Waals surface area contributed by atoms with Crippen LogP contribution in [-0.4, -0.2) is 49.2 Å². The van der Waals surface area contributed by atoms with Gasteiger partial charge in [-0.05, 0) is 39.8 Å². The van der Waals surface area contributed by atoms with Crippen molar-refractivity contribution in [3.8, 4) is 0 Å². The van der Waals surface area contributed by atoms with Crippen LogP contribution in [0.15, 0.2) is 9.52 Å². The van der Waals surface area contributed by atoms with Crippen molar-refractivity contribution in [3.05, 3.63) is 17.0 Å². The van der Waals surface area contributed by atoms with Crippen molar-refractivity contribution in [2.24, 2.45) is 10.9 Å². The molecular weight excluding hydrogens is 314 g/mol. The zero-order chi connectivity index (χ0) is 18.8. The van der Waals surface area contributed by atoms with Gasteiger partial charge in [0, 0.05) is 31.1 Å². The summed E-state index contributed by atoms with van der Waals surface area (Å²) in [5, 5.41) is 11.0. The molecule has 6 heteroatoms. The monoisotopic (exact) mass is 351 g/mol. The fourth-order valence-corrected chi connectivity index (χ4v) is 2.85. The summed E-state index contributed by atoms with van der Waals surface area (Å²) >= 11 is 0. The molecule has 0 aliphatic rings. The maximum absolute atomic E-state index is 5.43. The zero-order valence-electron chi connectivity index (χ0n) is 17.1. The van der Waals surface area contributed by atoms with Crippen molar-refractivity contribution in [1.29, 1.82) is 0 Å². The molecule has 0 bridgehead atoms. The summed E-state index contributed by atoms with van der Waals surface area (Å²) in [6, 6.07) is 0.483. The predicted molar refractivity (Wildman–Crippen MR) is 105 cm³/mol. The van der Waals surface area contributed by atoms with Gasteiger partial charge in [-0.1, -0.05) is 32.9 Å². The van der Waals surface area contributed by atoms with E-state index in [2.05, 4.69) is 69.4 Å². The Morgan fingerprint density at radius 3 is 2.40 bits per heavy atom. The van der Waals surface area contributed by atoms with E-state index in [9.17, 15) is 0 Å². The SMILES string of the molecule is CCNC(=NCc1c(CC)noc1CC)NCC(CC(C)C)N(C)C. The molecule has 1 atom stereocenters. The van der Waals surface area contributed by atoms with Gasteiger partial charge in [0.25, 0.3) is 0 Å². The molecule has 0 amide bonds. The van der Waals surface area contributed by atoms with Gasteiger partial charge >= 0.3 is 0 Å². The Balaban J connectivity index is 2.78. The first kappa shape index (κ1) is 21.5. The Hall–Kier alpha value is -1.56. The highest BCUT2D eigenvalue weighted by Gasteiger charge is 2.15. The molecule has 25 heavy (non-hydrogen) atoms. The van der Waals surface area contributed by atoms with Crippen LogP contribution in [0.1, 0.15) is 58.1 Å². The molecule has 1 aromatic rings. The normalized spacial score (nSPS) is 13.6. The van der Waals surface area contributed by atoms with Gasteiger partial charge in [0.1, 0.15) is 5.76 Å². The lowest BCUT2D eigenvalue weighted by atomic mass is 10.0. The van der Waals surface area contributed by atoms with Gasteiger partial charge in [-0.15, -0.1) is 0 Å². The quantitative estimate of drug-likeness (QED) is 0.501. The van der Waals surface area contributed by atoms with E-state index in [1.54, 1.807) is 0 Å². The number of aryl methyl sites for hydroxylation is 2.